The molecule has 2 aromatic heterocycles. The van der Waals surface area contributed by atoms with Gasteiger partial charge in [0.2, 0.25) is 11.5 Å². The van der Waals surface area contributed by atoms with Crippen molar-refractivity contribution in [1.82, 2.24) is 14.7 Å². The van der Waals surface area contributed by atoms with Gasteiger partial charge in [-0.1, -0.05) is 47.6 Å². The van der Waals surface area contributed by atoms with E-state index in [9.17, 15) is 4.79 Å². The lowest BCUT2D eigenvalue weighted by Gasteiger charge is -2.06. The number of Topliss-reactive ketones (excluding diaryl/α,β-unsaturated/α-hetero) is 1. The molecule has 0 atom stereocenters. The molecule has 4 aromatic rings. The van der Waals surface area contributed by atoms with Crippen molar-refractivity contribution in [2.75, 3.05) is 0 Å². The predicted octanol–water partition coefficient (Wildman–Crippen LogP) is 4.31. The van der Waals surface area contributed by atoms with Gasteiger partial charge in [-0.15, -0.1) is 12.4 Å². The van der Waals surface area contributed by atoms with Gasteiger partial charge in [0, 0.05) is 29.9 Å². The summed E-state index contributed by atoms with van der Waals surface area (Å²) < 4.78 is 7.05. The minimum atomic E-state index is -0.172. The fraction of sp³-hybridized carbons (Fsp3) is 0.0909. The van der Waals surface area contributed by atoms with Crippen LogP contribution in [0.2, 0.25) is 0 Å². The number of rotatable bonds is 6. The average molecular weight is 405 g/mol. The summed E-state index contributed by atoms with van der Waals surface area (Å²) in [5, 5.41) is 12.9. The van der Waals surface area contributed by atoms with Crippen molar-refractivity contribution in [1.29, 1.82) is 5.26 Å². The molecule has 0 N–H and O–H groups in total. The van der Waals surface area contributed by atoms with Crippen LogP contribution in [0.5, 0.6) is 0 Å². The highest BCUT2D eigenvalue weighted by molar-refractivity contribution is 5.94. The molecular weight excluding hydrogens is 388 g/mol. The van der Waals surface area contributed by atoms with E-state index in [-0.39, 0.29) is 30.5 Å². The van der Waals surface area contributed by atoms with Gasteiger partial charge in [0.15, 0.2) is 0 Å². The molecule has 2 aromatic carbocycles. The summed E-state index contributed by atoms with van der Waals surface area (Å²) in [6, 6.07) is 20.7. The van der Waals surface area contributed by atoms with Crippen LogP contribution in [0.1, 0.15) is 27.4 Å². The first-order valence-electron chi connectivity index (χ1n) is 8.76. The number of halogens is 1. The smallest absolute Gasteiger partial charge is 0.220 e. The van der Waals surface area contributed by atoms with Gasteiger partial charge in [-0.25, -0.2) is 4.98 Å². The van der Waals surface area contributed by atoms with Gasteiger partial charge in [0.05, 0.1) is 24.5 Å². The second-order valence-corrected chi connectivity index (χ2v) is 6.36. The molecule has 0 aliphatic rings. The first kappa shape index (κ1) is 20.1. The molecule has 7 heteroatoms. The van der Waals surface area contributed by atoms with Gasteiger partial charge in [-0.05, 0) is 17.7 Å². The third-order valence-electron chi connectivity index (χ3n) is 4.44. The molecule has 0 aliphatic heterocycles. The van der Waals surface area contributed by atoms with E-state index in [0.717, 1.165) is 16.8 Å². The Hall–Kier alpha value is -3.69. The standard InChI is InChI=1S/C22H16N4O2.ClH/c23-12-17-8-6-16(7-9-17)10-19-13-24-15-26(19)14-21(27)22-11-20(25-28-22)18-4-2-1-3-5-18;/h1-9,11,13,15H,10,14H2;1H. The Balaban J connectivity index is 0.00000240. The first-order chi connectivity index (χ1) is 13.7. The fourth-order valence-electron chi connectivity index (χ4n) is 2.93. The van der Waals surface area contributed by atoms with Crippen molar-refractivity contribution in [3.63, 3.8) is 0 Å². The van der Waals surface area contributed by atoms with Crippen LogP contribution in [-0.2, 0) is 13.0 Å². The zero-order chi connectivity index (χ0) is 19.3. The lowest BCUT2D eigenvalue weighted by Crippen LogP contribution is -2.11. The number of carbonyl (C=O) groups excluding carboxylic acids is 1. The second kappa shape index (κ2) is 9.00. The van der Waals surface area contributed by atoms with E-state index in [1.807, 2.05) is 42.5 Å². The third kappa shape index (κ3) is 4.60. The van der Waals surface area contributed by atoms with E-state index in [4.69, 9.17) is 9.78 Å². The third-order valence-corrected chi connectivity index (χ3v) is 4.44. The van der Waals surface area contributed by atoms with Crippen LogP contribution in [0.4, 0.5) is 0 Å². The maximum Gasteiger partial charge on any atom is 0.220 e. The van der Waals surface area contributed by atoms with Crippen LogP contribution < -0.4 is 0 Å². The molecule has 4 rings (SSSR count). The molecule has 0 radical (unpaired) electrons. The number of benzene rings is 2. The molecular formula is C22H17ClN4O2. The summed E-state index contributed by atoms with van der Waals surface area (Å²) in [6.07, 6.45) is 3.98. The Labute approximate surface area is 173 Å². The molecule has 0 spiro atoms. The van der Waals surface area contributed by atoms with E-state index in [0.29, 0.717) is 17.7 Å². The highest BCUT2D eigenvalue weighted by Crippen LogP contribution is 2.19. The molecule has 0 saturated heterocycles. The number of nitriles is 1. The van der Waals surface area contributed by atoms with Gasteiger partial charge >= 0.3 is 0 Å². The van der Waals surface area contributed by atoms with Crippen LogP contribution in [0.15, 0.2) is 77.7 Å². The number of aromatic nitrogens is 3. The number of ketones is 1. The topological polar surface area (TPSA) is 84.7 Å². The molecule has 0 fully saturated rings. The van der Waals surface area contributed by atoms with Crippen LogP contribution in [0.3, 0.4) is 0 Å². The summed E-state index contributed by atoms with van der Waals surface area (Å²) in [6.45, 7) is 0.120. The Kier molecular flexibility index (Phi) is 6.22. The van der Waals surface area contributed by atoms with Crippen LogP contribution in [-0.4, -0.2) is 20.5 Å². The summed E-state index contributed by atoms with van der Waals surface area (Å²) in [7, 11) is 0. The quantitative estimate of drug-likeness (QED) is 0.447. The molecule has 6 nitrogen and oxygen atoms in total. The number of hydrogen-bond donors (Lipinski definition) is 0. The normalized spacial score (nSPS) is 10.2. The van der Waals surface area contributed by atoms with E-state index in [1.54, 1.807) is 35.3 Å². The predicted molar refractivity (Wildman–Crippen MR) is 110 cm³/mol. The summed E-state index contributed by atoms with van der Waals surface area (Å²) in [5.74, 6) is 0.0469. The molecule has 0 bridgehead atoms. The Morgan fingerprint density at radius 3 is 2.59 bits per heavy atom. The molecule has 2 heterocycles. The first-order valence-corrected chi connectivity index (χ1v) is 8.76. The minimum absolute atomic E-state index is 0. The van der Waals surface area contributed by atoms with Gasteiger partial charge in [0.1, 0.15) is 5.69 Å². The monoisotopic (exact) mass is 404 g/mol. The highest BCUT2D eigenvalue weighted by Gasteiger charge is 2.16. The van der Waals surface area contributed by atoms with E-state index in [2.05, 4.69) is 16.2 Å². The molecule has 0 unspecified atom stereocenters. The van der Waals surface area contributed by atoms with Crippen molar-refractivity contribution in [2.24, 2.45) is 0 Å². The molecule has 29 heavy (non-hydrogen) atoms. The van der Waals surface area contributed by atoms with E-state index >= 15 is 0 Å². The van der Waals surface area contributed by atoms with E-state index < -0.39 is 0 Å². The van der Waals surface area contributed by atoms with Crippen LogP contribution in [0, 0.1) is 11.3 Å². The molecule has 0 saturated carbocycles. The fourth-order valence-corrected chi connectivity index (χ4v) is 2.93. The zero-order valence-corrected chi connectivity index (χ0v) is 16.2. The number of nitrogens with zero attached hydrogens (tertiary/aromatic N) is 4. The van der Waals surface area contributed by atoms with Gasteiger partial charge < -0.3 is 9.09 Å². The summed E-state index contributed by atoms with van der Waals surface area (Å²) in [5.41, 5.74) is 4.09. The Bertz CT molecular complexity index is 1140. The van der Waals surface area contributed by atoms with Crippen molar-refractivity contribution in [3.8, 4) is 17.3 Å². The lowest BCUT2D eigenvalue weighted by atomic mass is 10.1. The van der Waals surface area contributed by atoms with Gasteiger partial charge in [-0.3, -0.25) is 4.79 Å². The maximum absolute atomic E-state index is 12.6. The Morgan fingerprint density at radius 2 is 1.86 bits per heavy atom. The molecule has 144 valence electrons. The Morgan fingerprint density at radius 1 is 1.10 bits per heavy atom. The van der Waals surface area contributed by atoms with Crippen LogP contribution in [0.25, 0.3) is 11.3 Å². The van der Waals surface area contributed by atoms with Crippen molar-refractivity contribution in [2.45, 2.75) is 13.0 Å². The highest BCUT2D eigenvalue weighted by atomic mass is 35.5. The number of imidazole rings is 1. The lowest BCUT2D eigenvalue weighted by molar-refractivity contribution is 0.0935. The van der Waals surface area contributed by atoms with Gasteiger partial charge in [-0.2, -0.15) is 5.26 Å². The zero-order valence-electron chi connectivity index (χ0n) is 15.4. The number of hydrogen-bond acceptors (Lipinski definition) is 5. The second-order valence-electron chi connectivity index (χ2n) is 6.36. The van der Waals surface area contributed by atoms with Crippen molar-refractivity contribution in [3.05, 3.63) is 95.8 Å². The van der Waals surface area contributed by atoms with E-state index in [1.165, 1.54) is 0 Å². The maximum atomic E-state index is 12.6. The SMILES string of the molecule is Cl.N#Cc1ccc(Cc2cncn2CC(=O)c2cc(-c3ccccc3)no2)cc1. The summed E-state index contributed by atoms with van der Waals surface area (Å²) >= 11 is 0. The van der Waals surface area contributed by atoms with Crippen molar-refractivity contribution < 1.29 is 9.32 Å². The van der Waals surface area contributed by atoms with Crippen molar-refractivity contribution >= 4 is 18.2 Å². The summed E-state index contributed by atoms with van der Waals surface area (Å²) in [4.78, 5) is 16.8. The molecule has 0 amide bonds. The number of carbonyl (C=O) groups is 1. The van der Waals surface area contributed by atoms with Crippen LogP contribution >= 0.6 is 12.4 Å². The van der Waals surface area contributed by atoms with Gasteiger partial charge in [0.25, 0.3) is 0 Å². The average Bonchev–Trinajstić information content (AvgIpc) is 3.39. The minimum Gasteiger partial charge on any atom is -0.352 e. The largest absolute Gasteiger partial charge is 0.352 e. The molecule has 0 aliphatic carbocycles.